The molecule has 19 heavy (non-hydrogen) atoms. The largest absolute Gasteiger partial charge is 0.286 e. The Balaban J connectivity index is 2.10. The number of fused-ring (bicyclic) bond motifs is 3. The van der Waals surface area contributed by atoms with Crippen LogP contribution in [0.3, 0.4) is 0 Å². The van der Waals surface area contributed by atoms with Gasteiger partial charge in [-0.2, -0.15) is 5.26 Å². The van der Waals surface area contributed by atoms with Crippen LogP contribution in [0.4, 0.5) is 0 Å². The van der Waals surface area contributed by atoms with Gasteiger partial charge in [-0.3, -0.25) is 4.90 Å². The highest BCUT2D eigenvalue weighted by Gasteiger charge is 2.16. The SMILES string of the molecule is N#CCN1CCc2ccccc2-c2ccccc2C1. The Morgan fingerprint density at radius 2 is 1.58 bits per heavy atom. The number of benzene rings is 2. The van der Waals surface area contributed by atoms with Gasteiger partial charge in [0.05, 0.1) is 12.6 Å². The predicted molar refractivity (Wildman–Crippen MR) is 76.5 cm³/mol. The van der Waals surface area contributed by atoms with Crippen LogP contribution in [0.2, 0.25) is 0 Å². The summed E-state index contributed by atoms with van der Waals surface area (Å²) in [4.78, 5) is 2.22. The van der Waals surface area contributed by atoms with Gasteiger partial charge in [-0.05, 0) is 28.7 Å². The van der Waals surface area contributed by atoms with E-state index in [0.717, 1.165) is 19.5 Å². The zero-order valence-corrected chi connectivity index (χ0v) is 10.8. The molecule has 0 unspecified atom stereocenters. The maximum Gasteiger partial charge on any atom is 0.0868 e. The van der Waals surface area contributed by atoms with Gasteiger partial charge in [0, 0.05) is 13.1 Å². The van der Waals surface area contributed by atoms with E-state index < -0.39 is 0 Å². The van der Waals surface area contributed by atoms with Crippen molar-refractivity contribution < 1.29 is 0 Å². The summed E-state index contributed by atoms with van der Waals surface area (Å²) in [6, 6.07) is 19.4. The molecule has 94 valence electrons. The smallest absolute Gasteiger partial charge is 0.0868 e. The van der Waals surface area contributed by atoms with Gasteiger partial charge in [0.25, 0.3) is 0 Å². The van der Waals surface area contributed by atoms with E-state index in [4.69, 9.17) is 5.26 Å². The first kappa shape index (κ1) is 12.0. The van der Waals surface area contributed by atoms with Gasteiger partial charge in [-0.1, -0.05) is 48.5 Å². The quantitative estimate of drug-likeness (QED) is 0.724. The normalized spacial score (nSPS) is 14.7. The van der Waals surface area contributed by atoms with Crippen molar-refractivity contribution in [3.05, 3.63) is 59.7 Å². The van der Waals surface area contributed by atoms with Gasteiger partial charge >= 0.3 is 0 Å². The molecule has 2 aromatic rings. The van der Waals surface area contributed by atoms with E-state index in [-0.39, 0.29) is 0 Å². The Morgan fingerprint density at radius 3 is 2.32 bits per heavy atom. The molecule has 1 heterocycles. The van der Waals surface area contributed by atoms with Gasteiger partial charge in [0.15, 0.2) is 0 Å². The molecule has 1 aliphatic rings. The molecule has 0 saturated heterocycles. The molecule has 2 nitrogen and oxygen atoms in total. The third-order valence-corrected chi connectivity index (χ3v) is 3.71. The molecule has 0 radical (unpaired) electrons. The van der Waals surface area contributed by atoms with Gasteiger partial charge in [0.1, 0.15) is 0 Å². The van der Waals surface area contributed by atoms with Gasteiger partial charge < -0.3 is 0 Å². The molecule has 1 aliphatic heterocycles. The average Bonchev–Trinajstić information content (AvgIpc) is 2.44. The Bertz CT molecular complexity index is 625. The first-order chi connectivity index (χ1) is 9.38. The number of nitrogens with zero attached hydrogens (tertiary/aromatic N) is 2. The molecule has 2 heteroatoms. The standard InChI is InChI=1S/C17H16N2/c18-10-12-19-11-9-14-5-1-3-7-16(14)17-8-4-2-6-15(17)13-19/h1-8H,9,11-13H2. The highest BCUT2D eigenvalue weighted by atomic mass is 15.1. The number of rotatable bonds is 1. The van der Waals surface area contributed by atoms with Crippen LogP contribution < -0.4 is 0 Å². The minimum absolute atomic E-state index is 0.497. The summed E-state index contributed by atoms with van der Waals surface area (Å²) in [5.41, 5.74) is 5.33. The number of hydrogen-bond acceptors (Lipinski definition) is 2. The molecule has 3 rings (SSSR count). The monoisotopic (exact) mass is 248 g/mol. The minimum atomic E-state index is 0.497. The van der Waals surface area contributed by atoms with Crippen LogP contribution in [-0.2, 0) is 13.0 Å². The highest BCUT2D eigenvalue weighted by Crippen LogP contribution is 2.30. The molecule has 0 bridgehead atoms. The second kappa shape index (κ2) is 5.26. The van der Waals surface area contributed by atoms with Crippen LogP contribution in [-0.4, -0.2) is 18.0 Å². The number of hydrogen-bond donors (Lipinski definition) is 0. The first-order valence-corrected chi connectivity index (χ1v) is 6.64. The van der Waals surface area contributed by atoms with Crippen molar-refractivity contribution in [1.82, 2.24) is 4.90 Å². The highest BCUT2D eigenvalue weighted by molar-refractivity contribution is 5.71. The van der Waals surface area contributed by atoms with Crippen LogP contribution in [0.5, 0.6) is 0 Å². The maximum absolute atomic E-state index is 8.93. The Kier molecular flexibility index (Phi) is 3.31. The molecular formula is C17H16N2. The molecule has 0 atom stereocenters. The summed E-state index contributed by atoms with van der Waals surface area (Å²) in [6.45, 7) is 2.30. The molecule has 0 fully saturated rings. The third kappa shape index (κ3) is 2.38. The second-order valence-corrected chi connectivity index (χ2v) is 4.93. The lowest BCUT2D eigenvalue weighted by Gasteiger charge is -2.25. The summed E-state index contributed by atoms with van der Waals surface area (Å²) >= 11 is 0. The maximum atomic E-state index is 8.93. The van der Waals surface area contributed by atoms with Crippen molar-refractivity contribution in [3.8, 4) is 17.2 Å². The van der Waals surface area contributed by atoms with Crippen molar-refractivity contribution in [2.24, 2.45) is 0 Å². The fraction of sp³-hybridized carbons (Fsp3) is 0.235. The Labute approximate surface area is 113 Å². The number of nitriles is 1. The average molecular weight is 248 g/mol. The van der Waals surface area contributed by atoms with Gasteiger partial charge in [-0.25, -0.2) is 0 Å². The van der Waals surface area contributed by atoms with Crippen LogP contribution in [0.25, 0.3) is 11.1 Å². The lowest BCUT2D eigenvalue weighted by atomic mass is 9.92. The van der Waals surface area contributed by atoms with Gasteiger partial charge in [-0.15, -0.1) is 0 Å². The first-order valence-electron chi connectivity index (χ1n) is 6.64. The molecule has 0 N–H and O–H groups in total. The topological polar surface area (TPSA) is 27.0 Å². The third-order valence-electron chi connectivity index (χ3n) is 3.71. The van der Waals surface area contributed by atoms with E-state index in [1.54, 1.807) is 0 Å². The molecule has 0 spiro atoms. The lowest BCUT2D eigenvalue weighted by molar-refractivity contribution is 0.301. The molecule has 2 aromatic carbocycles. The van der Waals surface area contributed by atoms with Crippen LogP contribution in [0.1, 0.15) is 11.1 Å². The van der Waals surface area contributed by atoms with Crippen molar-refractivity contribution in [2.75, 3.05) is 13.1 Å². The predicted octanol–water partition coefficient (Wildman–Crippen LogP) is 3.24. The van der Waals surface area contributed by atoms with Gasteiger partial charge in [0.2, 0.25) is 0 Å². The minimum Gasteiger partial charge on any atom is -0.286 e. The van der Waals surface area contributed by atoms with Crippen molar-refractivity contribution in [3.63, 3.8) is 0 Å². The zero-order chi connectivity index (χ0) is 13.1. The van der Waals surface area contributed by atoms with E-state index in [9.17, 15) is 0 Å². The Morgan fingerprint density at radius 1 is 0.947 bits per heavy atom. The van der Waals surface area contributed by atoms with E-state index in [0.29, 0.717) is 6.54 Å². The van der Waals surface area contributed by atoms with E-state index >= 15 is 0 Å². The van der Waals surface area contributed by atoms with Crippen LogP contribution in [0, 0.1) is 11.3 Å². The van der Waals surface area contributed by atoms with E-state index in [1.807, 2.05) is 0 Å². The van der Waals surface area contributed by atoms with Crippen molar-refractivity contribution in [2.45, 2.75) is 13.0 Å². The van der Waals surface area contributed by atoms with Crippen LogP contribution in [0.15, 0.2) is 48.5 Å². The molecule has 0 amide bonds. The summed E-state index contributed by atoms with van der Waals surface area (Å²) in [7, 11) is 0. The van der Waals surface area contributed by atoms with E-state index in [2.05, 4.69) is 59.5 Å². The van der Waals surface area contributed by atoms with E-state index in [1.165, 1.54) is 22.3 Å². The molecular weight excluding hydrogens is 232 g/mol. The summed E-state index contributed by atoms with van der Waals surface area (Å²) in [5, 5.41) is 8.93. The van der Waals surface area contributed by atoms with Crippen molar-refractivity contribution >= 4 is 0 Å². The zero-order valence-electron chi connectivity index (χ0n) is 10.8. The summed E-state index contributed by atoms with van der Waals surface area (Å²) in [5.74, 6) is 0. The summed E-state index contributed by atoms with van der Waals surface area (Å²) in [6.07, 6.45) is 1.01. The van der Waals surface area contributed by atoms with Crippen molar-refractivity contribution in [1.29, 1.82) is 5.26 Å². The molecule has 0 aliphatic carbocycles. The fourth-order valence-electron chi connectivity index (χ4n) is 2.76. The molecule has 0 saturated carbocycles. The fourth-order valence-corrected chi connectivity index (χ4v) is 2.76. The molecule has 0 aromatic heterocycles. The Hall–Kier alpha value is -2.11. The lowest BCUT2D eigenvalue weighted by Crippen LogP contribution is -2.27. The van der Waals surface area contributed by atoms with Crippen LogP contribution >= 0.6 is 0 Å². The second-order valence-electron chi connectivity index (χ2n) is 4.93. The summed E-state index contributed by atoms with van der Waals surface area (Å²) < 4.78 is 0.